The van der Waals surface area contributed by atoms with E-state index in [1.54, 1.807) is 4.31 Å². The van der Waals surface area contributed by atoms with Crippen LogP contribution in [0.25, 0.3) is 0 Å². The van der Waals surface area contributed by atoms with Crippen molar-refractivity contribution in [2.24, 2.45) is 0 Å². The van der Waals surface area contributed by atoms with Crippen molar-refractivity contribution >= 4 is 15.7 Å². The molecule has 3 aliphatic rings. The summed E-state index contributed by atoms with van der Waals surface area (Å²) in [5, 5.41) is -0.0786. The first-order valence-electron chi connectivity index (χ1n) is 7.83. The third-order valence-corrected chi connectivity index (χ3v) is 7.81. The van der Waals surface area contributed by atoms with E-state index < -0.39 is 10.0 Å². The first kappa shape index (κ1) is 13.6. The Balaban J connectivity index is 1.58. The maximum absolute atomic E-state index is 12.4. The second-order valence-corrected chi connectivity index (χ2v) is 9.01. The molecule has 1 spiro atoms. The van der Waals surface area contributed by atoms with Gasteiger partial charge in [-0.1, -0.05) is 18.2 Å². The van der Waals surface area contributed by atoms with Crippen molar-refractivity contribution in [1.82, 2.24) is 4.31 Å². The molecule has 0 radical (unpaired) electrons. The van der Waals surface area contributed by atoms with Crippen LogP contribution in [0.4, 0.5) is 5.69 Å². The van der Waals surface area contributed by atoms with Crippen LogP contribution in [0, 0.1) is 0 Å². The van der Waals surface area contributed by atoms with Gasteiger partial charge in [0, 0.05) is 37.8 Å². The fourth-order valence-electron chi connectivity index (χ4n) is 4.05. The minimum absolute atomic E-state index is 0.0786. The molecule has 5 heteroatoms. The molecule has 0 amide bonds. The molecule has 0 aromatic heterocycles. The predicted molar refractivity (Wildman–Crippen MR) is 84.1 cm³/mol. The highest BCUT2D eigenvalue weighted by Crippen LogP contribution is 2.47. The smallest absolute Gasteiger partial charge is 0.216 e. The molecule has 1 saturated carbocycles. The van der Waals surface area contributed by atoms with Gasteiger partial charge in [0.25, 0.3) is 0 Å². The van der Waals surface area contributed by atoms with Gasteiger partial charge in [0.2, 0.25) is 10.0 Å². The number of hydrogen-bond donors (Lipinski definition) is 0. The quantitative estimate of drug-likeness (QED) is 0.839. The summed E-state index contributed by atoms with van der Waals surface area (Å²) in [6, 6.07) is 8.59. The Hall–Kier alpha value is -1.07. The molecule has 0 N–H and O–H groups in total. The van der Waals surface area contributed by atoms with E-state index in [4.69, 9.17) is 0 Å². The van der Waals surface area contributed by atoms with Crippen molar-refractivity contribution in [3.63, 3.8) is 0 Å². The summed E-state index contributed by atoms with van der Waals surface area (Å²) in [5.41, 5.74) is 2.88. The third kappa shape index (κ3) is 2.01. The highest BCUT2D eigenvalue weighted by molar-refractivity contribution is 7.90. The van der Waals surface area contributed by atoms with Crippen molar-refractivity contribution in [2.45, 2.75) is 36.3 Å². The van der Waals surface area contributed by atoms with Crippen LogP contribution in [0.5, 0.6) is 0 Å². The average Bonchev–Trinajstić information content (AvgIpc) is 3.29. The fraction of sp³-hybridized carbons (Fsp3) is 0.625. The van der Waals surface area contributed by atoms with Crippen LogP contribution in [0.1, 0.15) is 31.2 Å². The summed E-state index contributed by atoms with van der Waals surface area (Å²) in [4.78, 5) is 2.32. The lowest BCUT2D eigenvalue weighted by atomic mass is 9.75. The van der Waals surface area contributed by atoms with Crippen LogP contribution < -0.4 is 4.90 Å². The molecule has 1 saturated heterocycles. The minimum atomic E-state index is -3.01. The van der Waals surface area contributed by atoms with Crippen LogP contribution in [0.15, 0.2) is 24.3 Å². The Kier molecular flexibility index (Phi) is 2.89. The molecule has 1 aromatic carbocycles. The lowest BCUT2D eigenvalue weighted by Crippen LogP contribution is -2.47. The van der Waals surface area contributed by atoms with E-state index in [0.29, 0.717) is 13.1 Å². The number of anilines is 1. The van der Waals surface area contributed by atoms with Crippen LogP contribution in [-0.2, 0) is 15.4 Å². The molecule has 2 aliphatic heterocycles. The number of rotatable bonds is 2. The van der Waals surface area contributed by atoms with Crippen molar-refractivity contribution in [1.29, 1.82) is 0 Å². The van der Waals surface area contributed by atoms with Gasteiger partial charge in [0.15, 0.2) is 0 Å². The van der Waals surface area contributed by atoms with Gasteiger partial charge in [-0.3, -0.25) is 0 Å². The Morgan fingerprint density at radius 3 is 2.48 bits per heavy atom. The van der Waals surface area contributed by atoms with Gasteiger partial charge >= 0.3 is 0 Å². The number of hydrogen-bond acceptors (Lipinski definition) is 3. The molecule has 114 valence electrons. The summed E-state index contributed by atoms with van der Waals surface area (Å²) in [6.45, 7) is 2.38. The molecule has 2 heterocycles. The largest absolute Gasteiger partial charge is 0.373 e. The van der Waals surface area contributed by atoms with Crippen molar-refractivity contribution in [3.8, 4) is 0 Å². The van der Waals surface area contributed by atoms with Crippen molar-refractivity contribution in [2.75, 3.05) is 31.6 Å². The number of sulfonamides is 1. The Labute approximate surface area is 126 Å². The van der Waals surface area contributed by atoms with E-state index >= 15 is 0 Å². The minimum Gasteiger partial charge on any atom is -0.373 e. The highest BCUT2D eigenvalue weighted by Gasteiger charge is 2.47. The van der Waals surface area contributed by atoms with E-state index in [9.17, 15) is 8.42 Å². The van der Waals surface area contributed by atoms with Crippen LogP contribution in [0.3, 0.4) is 0 Å². The van der Waals surface area contributed by atoms with Crippen molar-refractivity contribution in [3.05, 3.63) is 29.8 Å². The van der Waals surface area contributed by atoms with E-state index in [2.05, 4.69) is 36.2 Å². The van der Waals surface area contributed by atoms with Crippen LogP contribution >= 0.6 is 0 Å². The van der Waals surface area contributed by atoms with E-state index in [1.165, 1.54) is 11.3 Å². The summed E-state index contributed by atoms with van der Waals surface area (Å²) in [5.74, 6) is 0. The second-order valence-electron chi connectivity index (χ2n) is 6.80. The lowest BCUT2D eigenvalue weighted by Gasteiger charge is -2.39. The monoisotopic (exact) mass is 306 g/mol. The SMILES string of the molecule is CN1CC2(CCN(S(=O)(=O)C3CC3)CC2)c2ccccc21. The fourth-order valence-corrected chi connectivity index (χ4v) is 5.90. The molecule has 4 rings (SSSR count). The Morgan fingerprint density at radius 1 is 1.14 bits per heavy atom. The molecular formula is C16H22N2O2S. The zero-order valence-corrected chi connectivity index (χ0v) is 13.3. The Bertz CT molecular complexity index is 659. The first-order valence-corrected chi connectivity index (χ1v) is 9.33. The molecule has 21 heavy (non-hydrogen) atoms. The summed E-state index contributed by atoms with van der Waals surface area (Å²) in [6.07, 6.45) is 3.60. The van der Waals surface area contributed by atoms with E-state index in [1.807, 2.05) is 0 Å². The predicted octanol–water partition coefficient (Wildman–Crippen LogP) is 1.96. The number of fused-ring (bicyclic) bond motifs is 2. The molecule has 0 atom stereocenters. The maximum Gasteiger partial charge on any atom is 0.216 e. The lowest BCUT2D eigenvalue weighted by molar-refractivity contribution is 0.245. The number of nitrogens with zero attached hydrogens (tertiary/aromatic N) is 2. The standard InChI is InChI=1S/C16H22N2O2S/c1-17-12-16(14-4-2-3-5-15(14)17)8-10-18(11-9-16)21(19,20)13-6-7-13/h2-5,13H,6-12H2,1H3. The zero-order chi connectivity index (χ0) is 14.7. The molecule has 2 fully saturated rings. The normalized spacial score (nSPS) is 25.3. The molecular weight excluding hydrogens is 284 g/mol. The maximum atomic E-state index is 12.4. The van der Waals surface area contributed by atoms with E-state index in [-0.39, 0.29) is 10.7 Å². The van der Waals surface area contributed by atoms with Crippen LogP contribution in [-0.4, -0.2) is 44.7 Å². The molecule has 0 bridgehead atoms. The third-order valence-electron chi connectivity index (χ3n) is 5.41. The summed E-state index contributed by atoms with van der Waals surface area (Å²) < 4.78 is 26.5. The average molecular weight is 306 g/mol. The van der Waals surface area contributed by atoms with Gasteiger partial charge in [-0.15, -0.1) is 0 Å². The molecule has 1 aliphatic carbocycles. The second kappa shape index (κ2) is 4.46. The topological polar surface area (TPSA) is 40.6 Å². The highest BCUT2D eigenvalue weighted by atomic mass is 32.2. The van der Waals surface area contributed by atoms with Crippen molar-refractivity contribution < 1.29 is 8.42 Å². The molecule has 0 unspecified atom stereocenters. The van der Waals surface area contributed by atoms with Gasteiger partial charge in [-0.05, 0) is 37.3 Å². The van der Waals surface area contributed by atoms with Crippen LogP contribution in [0.2, 0.25) is 0 Å². The van der Waals surface area contributed by atoms with Gasteiger partial charge in [-0.25, -0.2) is 12.7 Å². The van der Waals surface area contributed by atoms with E-state index in [0.717, 1.165) is 32.2 Å². The first-order chi connectivity index (χ1) is 10.0. The molecule has 1 aromatic rings. The van der Waals surface area contributed by atoms with Gasteiger partial charge in [-0.2, -0.15) is 0 Å². The van der Waals surface area contributed by atoms with Gasteiger partial charge < -0.3 is 4.90 Å². The van der Waals surface area contributed by atoms with Gasteiger partial charge in [0.05, 0.1) is 5.25 Å². The molecule has 4 nitrogen and oxygen atoms in total. The summed E-state index contributed by atoms with van der Waals surface area (Å²) >= 11 is 0. The number of benzene rings is 1. The number of piperidine rings is 1. The van der Waals surface area contributed by atoms with Gasteiger partial charge in [0.1, 0.15) is 0 Å². The number of likely N-dealkylation sites (N-methyl/N-ethyl adjacent to an activating group) is 1. The zero-order valence-electron chi connectivity index (χ0n) is 12.5. The number of para-hydroxylation sites is 1. The Morgan fingerprint density at radius 2 is 1.81 bits per heavy atom. The summed E-state index contributed by atoms with van der Waals surface area (Å²) in [7, 11) is -0.866.